The molecule has 0 saturated carbocycles. The fourth-order valence-corrected chi connectivity index (χ4v) is 3.67. The van der Waals surface area contributed by atoms with Gasteiger partial charge in [0.05, 0.1) is 15.5 Å². The average Bonchev–Trinajstić information content (AvgIpc) is 3.03. The zero-order valence-corrected chi connectivity index (χ0v) is 15.0. The van der Waals surface area contributed by atoms with E-state index in [1.165, 1.54) is 18.4 Å². The Kier molecular flexibility index (Phi) is 4.94. The van der Waals surface area contributed by atoms with Crippen molar-refractivity contribution in [3.8, 4) is 11.4 Å². The highest BCUT2D eigenvalue weighted by Gasteiger charge is 2.13. The summed E-state index contributed by atoms with van der Waals surface area (Å²) in [4.78, 5) is 16.4. The number of carbonyl (C=O) groups excluding carboxylic acids is 1. The van der Waals surface area contributed by atoms with Crippen LogP contribution in [0.2, 0.25) is 0 Å². The lowest BCUT2D eigenvalue weighted by Gasteiger charge is -2.05. The molecule has 3 aromatic rings. The quantitative estimate of drug-likeness (QED) is 0.697. The Hall–Kier alpha value is -2.87. The van der Waals surface area contributed by atoms with Gasteiger partial charge >= 0.3 is 0 Å². The van der Waals surface area contributed by atoms with Gasteiger partial charge in [-0.15, -0.1) is 0 Å². The smallest absolute Gasteiger partial charge is 0.285 e. The molecular formula is C18H16FN3O3S. The second-order valence-corrected chi connectivity index (χ2v) is 8.20. The molecule has 8 heteroatoms. The van der Waals surface area contributed by atoms with Gasteiger partial charge in [0.25, 0.3) is 5.91 Å². The lowest BCUT2D eigenvalue weighted by Crippen LogP contribution is -2.07. The van der Waals surface area contributed by atoms with Gasteiger partial charge in [-0.25, -0.2) is 8.60 Å². The summed E-state index contributed by atoms with van der Waals surface area (Å²) in [5, 5.41) is 3.80. The third-order valence-electron chi connectivity index (χ3n) is 3.57. The molecule has 26 heavy (non-hydrogen) atoms. The zero-order chi connectivity index (χ0) is 18.7. The summed E-state index contributed by atoms with van der Waals surface area (Å²) in [6.07, 6.45) is 1.34. The van der Waals surface area contributed by atoms with Gasteiger partial charge in [0.15, 0.2) is 0 Å². The van der Waals surface area contributed by atoms with Crippen molar-refractivity contribution in [2.45, 2.75) is 12.7 Å². The summed E-state index contributed by atoms with van der Waals surface area (Å²) < 4.78 is 35.0. The number of carbonyl (C=O) groups is 1. The lowest BCUT2D eigenvalue weighted by atomic mass is 10.1. The van der Waals surface area contributed by atoms with Crippen LogP contribution in [0.3, 0.4) is 0 Å². The number of aromatic nitrogens is 2. The number of rotatable bonds is 4. The van der Waals surface area contributed by atoms with Gasteiger partial charge in [-0.1, -0.05) is 35.5 Å². The fraction of sp³-hybridized carbons (Fsp3) is 0.167. The molecule has 1 aromatic heterocycles. The molecule has 3 rings (SSSR count). The maximum Gasteiger partial charge on any atom is 0.285 e. The van der Waals surface area contributed by atoms with Crippen LogP contribution in [0.1, 0.15) is 21.8 Å². The molecule has 0 bridgehead atoms. The van der Waals surface area contributed by atoms with Gasteiger partial charge in [-0.2, -0.15) is 9.35 Å². The minimum atomic E-state index is -2.92. The third-order valence-corrected chi connectivity index (χ3v) is 4.97. The van der Waals surface area contributed by atoms with Gasteiger partial charge in [0.1, 0.15) is 5.82 Å². The predicted octanol–water partition coefficient (Wildman–Crippen LogP) is 3.62. The second kappa shape index (κ2) is 7.17. The molecule has 0 saturated heterocycles. The van der Waals surface area contributed by atoms with E-state index in [4.69, 9.17) is 4.52 Å². The number of hydrogen-bond acceptors (Lipinski definition) is 5. The molecule has 0 N–H and O–H groups in total. The molecule has 0 fully saturated rings. The van der Waals surface area contributed by atoms with Gasteiger partial charge in [0, 0.05) is 29.9 Å². The van der Waals surface area contributed by atoms with E-state index >= 15 is 0 Å². The van der Waals surface area contributed by atoms with E-state index in [2.05, 4.69) is 14.5 Å². The Morgan fingerprint density at radius 1 is 1.19 bits per heavy atom. The Bertz CT molecular complexity index is 1070. The Morgan fingerprint density at radius 3 is 2.50 bits per heavy atom. The lowest BCUT2D eigenvalue weighted by molar-refractivity contribution is 0.100. The molecule has 1 amide bonds. The van der Waals surface area contributed by atoms with E-state index in [1.807, 2.05) is 0 Å². The molecule has 2 aromatic carbocycles. The molecule has 0 aliphatic heterocycles. The third kappa shape index (κ3) is 4.20. The van der Waals surface area contributed by atoms with Crippen LogP contribution in [0.4, 0.5) is 4.39 Å². The topological polar surface area (TPSA) is 85.4 Å². The highest BCUT2D eigenvalue weighted by atomic mass is 32.2. The van der Waals surface area contributed by atoms with Crippen LogP contribution in [-0.4, -0.2) is 26.5 Å². The molecule has 1 atom stereocenters. The van der Waals surface area contributed by atoms with Crippen molar-refractivity contribution in [2.24, 2.45) is 4.36 Å². The van der Waals surface area contributed by atoms with Crippen LogP contribution in [0.5, 0.6) is 0 Å². The van der Waals surface area contributed by atoms with Crippen molar-refractivity contribution in [3.63, 3.8) is 0 Å². The first kappa shape index (κ1) is 17.9. The molecule has 1 heterocycles. The van der Waals surface area contributed by atoms with E-state index in [9.17, 15) is 13.4 Å². The molecule has 6 nitrogen and oxygen atoms in total. The molecule has 0 aliphatic carbocycles. The van der Waals surface area contributed by atoms with Gasteiger partial charge in [0.2, 0.25) is 11.7 Å². The van der Waals surface area contributed by atoms with Crippen LogP contribution < -0.4 is 0 Å². The second-order valence-electron chi connectivity index (χ2n) is 5.81. The van der Waals surface area contributed by atoms with Crippen LogP contribution in [0, 0.1) is 12.7 Å². The first-order valence-electron chi connectivity index (χ1n) is 7.72. The number of halogens is 1. The Balaban J connectivity index is 1.81. The Morgan fingerprint density at radius 2 is 1.88 bits per heavy atom. The van der Waals surface area contributed by atoms with Crippen molar-refractivity contribution in [2.75, 3.05) is 6.26 Å². The molecular weight excluding hydrogens is 357 g/mol. The SMILES string of the molecule is Cc1nc(-c2ccc(C(=O)N=S(C)(=O)Cc3ccccc3F)cc2)no1. The minimum Gasteiger partial charge on any atom is -0.339 e. The molecule has 0 spiro atoms. The maximum absolute atomic E-state index is 13.7. The van der Waals surface area contributed by atoms with Crippen molar-refractivity contribution >= 4 is 15.6 Å². The summed E-state index contributed by atoms with van der Waals surface area (Å²) in [5.41, 5.74) is 1.22. The standard InChI is InChI=1S/C18H16FN3O3S/c1-12-20-17(21-25-12)13-7-9-14(10-8-13)18(23)22-26(2,24)11-15-5-3-4-6-16(15)19/h3-10H,11H2,1-2H3. The minimum absolute atomic E-state index is 0.133. The maximum atomic E-state index is 13.7. The number of aryl methyl sites for hydroxylation is 1. The summed E-state index contributed by atoms with van der Waals surface area (Å²) in [5.74, 6) is -0.369. The van der Waals surface area contributed by atoms with Crippen molar-refractivity contribution in [1.29, 1.82) is 0 Å². The zero-order valence-electron chi connectivity index (χ0n) is 14.2. The number of nitrogens with zero attached hydrogens (tertiary/aromatic N) is 3. The van der Waals surface area contributed by atoms with Crippen molar-refractivity contribution in [1.82, 2.24) is 10.1 Å². The summed E-state index contributed by atoms with van der Waals surface area (Å²) in [6, 6.07) is 12.4. The highest BCUT2D eigenvalue weighted by Crippen LogP contribution is 2.18. The van der Waals surface area contributed by atoms with Gasteiger partial charge in [-0.3, -0.25) is 4.79 Å². The van der Waals surface area contributed by atoms with E-state index in [0.717, 1.165) is 0 Å². The summed E-state index contributed by atoms with van der Waals surface area (Å²) in [7, 11) is -2.92. The number of hydrogen-bond donors (Lipinski definition) is 0. The highest BCUT2D eigenvalue weighted by molar-refractivity contribution is 7.92. The van der Waals surface area contributed by atoms with Crippen LogP contribution in [0.15, 0.2) is 57.4 Å². The molecule has 134 valence electrons. The van der Waals surface area contributed by atoms with E-state index in [-0.39, 0.29) is 16.9 Å². The monoisotopic (exact) mass is 373 g/mol. The van der Waals surface area contributed by atoms with Crippen molar-refractivity contribution in [3.05, 3.63) is 71.4 Å². The number of benzene rings is 2. The normalized spacial score (nSPS) is 13.2. The van der Waals surface area contributed by atoms with E-state index in [1.54, 1.807) is 43.3 Å². The first-order chi connectivity index (χ1) is 12.3. The largest absolute Gasteiger partial charge is 0.339 e. The van der Waals surface area contributed by atoms with E-state index < -0.39 is 21.5 Å². The van der Waals surface area contributed by atoms with Crippen LogP contribution >= 0.6 is 0 Å². The number of amides is 1. The van der Waals surface area contributed by atoms with E-state index in [0.29, 0.717) is 17.3 Å². The van der Waals surface area contributed by atoms with Gasteiger partial charge in [-0.05, 0) is 18.2 Å². The van der Waals surface area contributed by atoms with Crippen LogP contribution in [0.25, 0.3) is 11.4 Å². The summed E-state index contributed by atoms with van der Waals surface area (Å²) in [6.45, 7) is 1.68. The first-order valence-corrected chi connectivity index (χ1v) is 9.81. The summed E-state index contributed by atoms with van der Waals surface area (Å²) >= 11 is 0. The molecule has 1 unspecified atom stereocenters. The van der Waals surface area contributed by atoms with Crippen LogP contribution in [-0.2, 0) is 15.5 Å². The average molecular weight is 373 g/mol. The molecule has 0 aliphatic rings. The Labute approximate surface area is 150 Å². The fourth-order valence-electron chi connectivity index (χ4n) is 2.34. The molecule has 0 radical (unpaired) electrons. The van der Waals surface area contributed by atoms with Crippen molar-refractivity contribution < 1.29 is 17.9 Å². The van der Waals surface area contributed by atoms with Gasteiger partial charge < -0.3 is 4.52 Å². The predicted molar refractivity (Wildman–Crippen MR) is 95.4 cm³/mol.